The first kappa shape index (κ1) is 9.05. The number of rotatable bonds is 2. The van der Waals surface area contributed by atoms with Gasteiger partial charge in [-0.15, -0.1) is 0 Å². The van der Waals surface area contributed by atoms with Crippen LogP contribution < -0.4 is 0 Å². The molecule has 1 nitrogen and oxygen atoms in total. The molecule has 0 aromatic heterocycles. The zero-order valence-corrected chi connectivity index (χ0v) is 7.35. The van der Waals surface area contributed by atoms with E-state index in [1.165, 1.54) is 44.9 Å². The molecule has 1 saturated carbocycles. The van der Waals surface area contributed by atoms with Crippen LogP contribution in [-0.4, -0.2) is 6.61 Å². The average Bonchev–Trinajstić information content (AvgIpc) is 1.94. The number of hydrogen-bond donors (Lipinski definition) is 0. The highest BCUT2D eigenvalue weighted by atomic mass is 16.5. The molecule has 0 amide bonds. The van der Waals surface area contributed by atoms with Crippen LogP contribution in [0.2, 0.25) is 0 Å². The third kappa shape index (κ3) is 3.76. The molecule has 1 fully saturated rings. The van der Waals surface area contributed by atoms with Gasteiger partial charge in [0.1, 0.15) is 0 Å². The van der Waals surface area contributed by atoms with Crippen LogP contribution in [0, 0.1) is 13.0 Å². The van der Waals surface area contributed by atoms with Gasteiger partial charge in [0.05, 0.1) is 7.11 Å². The third-order valence-electron chi connectivity index (χ3n) is 2.58. The van der Waals surface area contributed by atoms with E-state index in [1.54, 1.807) is 0 Å². The topological polar surface area (TPSA) is 9.23 Å². The summed E-state index contributed by atoms with van der Waals surface area (Å²) in [5.74, 6) is 0.799. The summed E-state index contributed by atoms with van der Waals surface area (Å²) >= 11 is 0. The SMILES string of the molecule is [CH2]OCC1CCCCCCC1. The quantitative estimate of drug-likeness (QED) is 0.595. The molecule has 1 rings (SSSR count). The first-order valence-electron chi connectivity index (χ1n) is 4.80. The van der Waals surface area contributed by atoms with Crippen molar-refractivity contribution >= 4 is 0 Å². The van der Waals surface area contributed by atoms with Crippen molar-refractivity contribution < 1.29 is 4.74 Å². The maximum absolute atomic E-state index is 4.93. The molecule has 0 aromatic carbocycles. The molecule has 0 N–H and O–H groups in total. The van der Waals surface area contributed by atoms with Gasteiger partial charge >= 0.3 is 0 Å². The molecule has 0 unspecified atom stereocenters. The van der Waals surface area contributed by atoms with Gasteiger partial charge in [-0.3, -0.25) is 0 Å². The molecule has 1 aliphatic carbocycles. The molecular formula is C10H19O. The van der Waals surface area contributed by atoms with E-state index in [0.717, 1.165) is 12.5 Å². The van der Waals surface area contributed by atoms with Crippen molar-refractivity contribution in [2.75, 3.05) is 6.61 Å². The van der Waals surface area contributed by atoms with Gasteiger partial charge in [-0.1, -0.05) is 32.1 Å². The molecule has 1 aliphatic rings. The third-order valence-corrected chi connectivity index (χ3v) is 2.58. The maximum atomic E-state index is 4.93. The predicted molar refractivity (Wildman–Crippen MR) is 47.1 cm³/mol. The van der Waals surface area contributed by atoms with Gasteiger partial charge < -0.3 is 4.74 Å². The van der Waals surface area contributed by atoms with Gasteiger partial charge in [0.2, 0.25) is 0 Å². The first-order chi connectivity index (χ1) is 5.43. The van der Waals surface area contributed by atoms with Crippen molar-refractivity contribution in [2.24, 2.45) is 5.92 Å². The highest BCUT2D eigenvalue weighted by Crippen LogP contribution is 2.22. The number of ether oxygens (including phenoxy) is 1. The fourth-order valence-electron chi connectivity index (χ4n) is 1.87. The summed E-state index contributed by atoms with van der Waals surface area (Å²) in [4.78, 5) is 0. The van der Waals surface area contributed by atoms with Crippen molar-refractivity contribution in [3.05, 3.63) is 7.11 Å². The summed E-state index contributed by atoms with van der Waals surface area (Å²) in [6.07, 6.45) is 9.80. The van der Waals surface area contributed by atoms with Gasteiger partial charge in [0.15, 0.2) is 0 Å². The van der Waals surface area contributed by atoms with E-state index in [-0.39, 0.29) is 0 Å². The highest BCUT2D eigenvalue weighted by Gasteiger charge is 2.10. The molecular weight excluding hydrogens is 136 g/mol. The fourth-order valence-corrected chi connectivity index (χ4v) is 1.87. The molecule has 1 radical (unpaired) electrons. The van der Waals surface area contributed by atoms with E-state index in [2.05, 4.69) is 7.11 Å². The normalized spacial score (nSPS) is 22.6. The molecule has 0 atom stereocenters. The second-order valence-corrected chi connectivity index (χ2v) is 3.58. The lowest BCUT2D eigenvalue weighted by Crippen LogP contribution is -2.09. The van der Waals surface area contributed by atoms with Gasteiger partial charge in [-0.05, 0) is 18.8 Å². The van der Waals surface area contributed by atoms with Crippen molar-refractivity contribution in [3.8, 4) is 0 Å². The smallest absolute Gasteiger partial charge is 0.0700 e. The van der Waals surface area contributed by atoms with Crippen LogP contribution in [0.3, 0.4) is 0 Å². The van der Waals surface area contributed by atoms with Gasteiger partial charge in [-0.2, -0.15) is 0 Å². The lowest BCUT2D eigenvalue weighted by atomic mass is 9.92. The zero-order valence-electron chi connectivity index (χ0n) is 7.35. The van der Waals surface area contributed by atoms with Gasteiger partial charge in [0, 0.05) is 6.61 Å². The monoisotopic (exact) mass is 155 g/mol. The average molecular weight is 155 g/mol. The molecule has 11 heavy (non-hydrogen) atoms. The minimum Gasteiger partial charge on any atom is -0.379 e. The highest BCUT2D eigenvalue weighted by molar-refractivity contribution is 4.62. The maximum Gasteiger partial charge on any atom is 0.0700 e. The molecule has 0 heterocycles. The van der Waals surface area contributed by atoms with Crippen molar-refractivity contribution in [3.63, 3.8) is 0 Å². The summed E-state index contributed by atoms with van der Waals surface area (Å²) in [5.41, 5.74) is 0. The van der Waals surface area contributed by atoms with E-state index >= 15 is 0 Å². The summed E-state index contributed by atoms with van der Waals surface area (Å²) in [6.45, 7) is 0.875. The minimum atomic E-state index is 0.799. The molecule has 0 aromatic rings. The van der Waals surface area contributed by atoms with Crippen LogP contribution in [0.15, 0.2) is 0 Å². The Morgan fingerprint density at radius 2 is 1.55 bits per heavy atom. The molecule has 0 aliphatic heterocycles. The second kappa shape index (κ2) is 5.59. The largest absolute Gasteiger partial charge is 0.379 e. The summed E-state index contributed by atoms with van der Waals surface area (Å²) in [6, 6.07) is 0. The van der Waals surface area contributed by atoms with E-state index < -0.39 is 0 Å². The Morgan fingerprint density at radius 3 is 2.09 bits per heavy atom. The first-order valence-corrected chi connectivity index (χ1v) is 4.80. The summed E-state index contributed by atoms with van der Waals surface area (Å²) in [7, 11) is 3.43. The predicted octanol–water partition coefficient (Wildman–Crippen LogP) is 3.16. The van der Waals surface area contributed by atoms with Crippen molar-refractivity contribution in [1.82, 2.24) is 0 Å². The second-order valence-electron chi connectivity index (χ2n) is 3.58. The molecule has 0 saturated heterocycles. The zero-order chi connectivity index (χ0) is 7.94. The Balaban J connectivity index is 2.15. The van der Waals surface area contributed by atoms with Crippen LogP contribution in [0.1, 0.15) is 44.9 Å². The van der Waals surface area contributed by atoms with E-state index in [1.807, 2.05) is 0 Å². The van der Waals surface area contributed by atoms with Gasteiger partial charge in [0.25, 0.3) is 0 Å². The molecule has 0 spiro atoms. The molecule has 1 heteroatoms. The Hall–Kier alpha value is -0.0400. The fraction of sp³-hybridized carbons (Fsp3) is 0.900. The van der Waals surface area contributed by atoms with Crippen LogP contribution in [0.5, 0.6) is 0 Å². The van der Waals surface area contributed by atoms with Crippen LogP contribution in [0.4, 0.5) is 0 Å². The lowest BCUT2D eigenvalue weighted by Gasteiger charge is -2.18. The number of hydrogen-bond acceptors (Lipinski definition) is 1. The van der Waals surface area contributed by atoms with Crippen LogP contribution in [-0.2, 0) is 4.74 Å². The Morgan fingerprint density at radius 1 is 1.00 bits per heavy atom. The minimum absolute atomic E-state index is 0.799. The Bertz CT molecular complexity index is 82.9. The van der Waals surface area contributed by atoms with Crippen molar-refractivity contribution in [2.45, 2.75) is 44.9 Å². The van der Waals surface area contributed by atoms with E-state index in [4.69, 9.17) is 4.74 Å². The lowest BCUT2D eigenvalue weighted by molar-refractivity contribution is 0.168. The van der Waals surface area contributed by atoms with Crippen molar-refractivity contribution in [1.29, 1.82) is 0 Å². The van der Waals surface area contributed by atoms with Crippen LogP contribution in [0.25, 0.3) is 0 Å². The van der Waals surface area contributed by atoms with Crippen LogP contribution >= 0.6 is 0 Å². The van der Waals surface area contributed by atoms with E-state index in [9.17, 15) is 0 Å². The summed E-state index contributed by atoms with van der Waals surface area (Å²) in [5, 5.41) is 0. The standard InChI is InChI=1S/C10H19O/c1-11-9-10-7-5-3-2-4-6-8-10/h10H,1-9H2. The molecule has 0 bridgehead atoms. The Kier molecular flexibility index (Phi) is 4.60. The van der Waals surface area contributed by atoms with Gasteiger partial charge in [-0.25, -0.2) is 0 Å². The molecule has 65 valence electrons. The Labute approximate surface area is 70.1 Å². The van der Waals surface area contributed by atoms with E-state index in [0.29, 0.717) is 0 Å². The summed E-state index contributed by atoms with van der Waals surface area (Å²) < 4.78 is 4.93.